The van der Waals surface area contributed by atoms with Crippen LogP contribution in [0.15, 0.2) is 59.6 Å². The van der Waals surface area contributed by atoms with E-state index in [4.69, 9.17) is 42.1 Å². The fourth-order valence-electron chi connectivity index (χ4n) is 5.05. The van der Waals surface area contributed by atoms with Crippen LogP contribution in [-0.4, -0.2) is 58.8 Å². The second-order valence-electron chi connectivity index (χ2n) is 10.2. The van der Waals surface area contributed by atoms with Crippen LogP contribution in [0.25, 0.3) is 10.9 Å². The van der Waals surface area contributed by atoms with Gasteiger partial charge in [0.15, 0.2) is 28.8 Å². The number of aromatic nitrogens is 1. The normalized spacial score (nSPS) is 13.9. The standard InChI is InChI=1S/C31H32Cl2FN3O6S/c1-40-28-18-22-25(19-29(28)42-14-6-13-37-11-4-3-5-12-37)35-10-9-26(22)43-27-8-7-21(17-24(27)34)36-44(38,39)30-16-20(32)15-23(33)31(30)41-2/h7-10,15-19,36H,3-6,11-14H2,1-2H3. The molecule has 1 aliphatic heterocycles. The maximum Gasteiger partial charge on any atom is 0.265 e. The maximum atomic E-state index is 15.2. The molecule has 1 saturated heterocycles. The summed E-state index contributed by atoms with van der Waals surface area (Å²) in [6, 6.07) is 11.4. The summed E-state index contributed by atoms with van der Waals surface area (Å²) in [4.78, 5) is 6.60. The summed E-state index contributed by atoms with van der Waals surface area (Å²) < 4.78 is 66.4. The lowest BCUT2D eigenvalue weighted by Gasteiger charge is -2.26. The van der Waals surface area contributed by atoms with Crippen LogP contribution < -0.4 is 23.7 Å². The molecule has 1 aromatic heterocycles. The number of rotatable bonds is 12. The number of nitrogens with one attached hydrogen (secondary N) is 1. The highest BCUT2D eigenvalue weighted by molar-refractivity contribution is 7.92. The highest BCUT2D eigenvalue weighted by atomic mass is 35.5. The molecule has 13 heteroatoms. The second kappa shape index (κ2) is 14.1. The molecule has 2 heterocycles. The molecule has 4 aromatic rings. The number of pyridine rings is 1. The summed E-state index contributed by atoms with van der Waals surface area (Å²) in [6.07, 6.45) is 6.24. The van der Waals surface area contributed by atoms with Gasteiger partial charge in [0, 0.05) is 35.3 Å². The van der Waals surface area contributed by atoms with Crippen molar-refractivity contribution in [3.8, 4) is 28.7 Å². The third-order valence-corrected chi connectivity index (χ3v) is 9.07. The minimum atomic E-state index is -4.23. The van der Waals surface area contributed by atoms with Crippen LogP contribution in [-0.2, 0) is 10.0 Å². The third kappa shape index (κ3) is 7.40. The number of hydrogen-bond acceptors (Lipinski definition) is 8. The van der Waals surface area contributed by atoms with Crippen LogP contribution >= 0.6 is 23.2 Å². The van der Waals surface area contributed by atoms with Gasteiger partial charge in [0.05, 0.1) is 37.1 Å². The van der Waals surface area contributed by atoms with Gasteiger partial charge in [-0.1, -0.05) is 29.6 Å². The Balaban J connectivity index is 1.31. The van der Waals surface area contributed by atoms with Crippen molar-refractivity contribution in [2.75, 3.05) is 45.2 Å². The van der Waals surface area contributed by atoms with E-state index in [-0.39, 0.29) is 32.1 Å². The van der Waals surface area contributed by atoms with E-state index >= 15 is 4.39 Å². The quantitative estimate of drug-likeness (QED) is 0.155. The molecule has 3 aromatic carbocycles. The number of benzene rings is 3. The number of fused-ring (bicyclic) bond motifs is 1. The number of likely N-dealkylation sites (tertiary alicyclic amines) is 1. The minimum Gasteiger partial charge on any atom is -0.494 e. The van der Waals surface area contributed by atoms with Gasteiger partial charge in [-0.15, -0.1) is 0 Å². The summed E-state index contributed by atoms with van der Waals surface area (Å²) >= 11 is 12.1. The molecule has 44 heavy (non-hydrogen) atoms. The summed E-state index contributed by atoms with van der Waals surface area (Å²) in [5.74, 6) is 0.372. The van der Waals surface area contributed by atoms with Gasteiger partial charge < -0.3 is 23.8 Å². The van der Waals surface area contributed by atoms with E-state index in [1.165, 1.54) is 50.6 Å². The van der Waals surface area contributed by atoms with Crippen molar-refractivity contribution in [2.45, 2.75) is 30.6 Å². The van der Waals surface area contributed by atoms with Crippen molar-refractivity contribution >= 4 is 49.8 Å². The average Bonchev–Trinajstić information content (AvgIpc) is 3.00. The summed E-state index contributed by atoms with van der Waals surface area (Å²) in [5.41, 5.74) is 0.532. The number of sulfonamides is 1. The van der Waals surface area contributed by atoms with Crippen molar-refractivity contribution in [3.05, 3.63) is 70.6 Å². The predicted octanol–water partition coefficient (Wildman–Crippen LogP) is 7.55. The fourth-order valence-corrected chi connectivity index (χ4v) is 7.01. The van der Waals surface area contributed by atoms with Crippen molar-refractivity contribution in [2.24, 2.45) is 0 Å². The lowest BCUT2D eigenvalue weighted by molar-refractivity contribution is 0.203. The topological polar surface area (TPSA) is 99.2 Å². The Morgan fingerprint density at radius 1 is 0.932 bits per heavy atom. The molecule has 234 valence electrons. The first-order valence-electron chi connectivity index (χ1n) is 14.0. The highest BCUT2D eigenvalue weighted by Crippen LogP contribution is 2.39. The number of piperidine rings is 1. The fraction of sp³-hybridized carbons (Fsp3) is 0.323. The van der Waals surface area contributed by atoms with Gasteiger partial charge in [-0.3, -0.25) is 9.71 Å². The molecule has 0 bridgehead atoms. The monoisotopic (exact) mass is 663 g/mol. The highest BCUT2D eigenvalue weighted by Gasteiger charge is 2.24. The van der Waals surface area contributed by atoms with E-state index in [0.717, 1.165) is 32.1 Å². The van der Waals surface area contributed by atoms with Crippen LogP contribution in [0.3, 0.4) is 0 Å². The van der Waals surface area contributed by atoms with Crippen LogP contribution in [0.2, 0.25) is 10.0 Å². The summed E-state index contributed by atoms with van der Waals surface area (Å²) in [6.45, 7) is 3.80. The van der Waals surface area contributed by atoms with Gasteiger partial charge >= 0.3 is 0 Å². The molecule has 5 rings (SSSR count). The molecule has 0 atom stereocenters. The van der Waals surface area contributed by atoms with Crippen molar-refractivity contribution in [1.82, 2.24) is 9.88 Å². The van der Waals surface area contributed by atoms with Gasteiger partial charge in [0.1, 0.15) is 10.6 Å². The molecule has 1 fully saturated rings. The van der Waals surface area contributed by atoms with E-state index in [9.17, 15) is 8.42 Å². The number of methoxy groups -OCH3 is 2. The number of halogens is 3. The smallest absolute Gasteiger partial charge is 0.265 e. The molecule has 9 nitrogen and oxygen atoms in total. The lowest BCUT2D eigenvalue weighted by atomic mass is 10.1. The first-order valence-corrected chi connectivity index (χ1v) is 16.3. The summed E-state index contributed by atoms with van der Waals surface area (Å²) in [7, 11) is -1.40. The van der Waals surface area contributed by atoms with Crippen molar-refractivity contribution in [1.29, 1.82) is 0 Å². The molecule has 1 N–H and O–H groups in total. The van der Waals surface area contributed by atoms with Crippen LogP contribution in [0.4, 0.5) is 10.1 Å². The zero-order chi connectivity index (χ0) is 31.3. The molecule has 0 radical (unpaired) electrons. The molecule has 1 aliphatic rings. The number of hydrogen-bond donors (Lipinski definition) is 1. The molecule has 0 saturated carbocycles. The number of nitrogens with zero attached hydrogens (tertiary/aromatic N) is 2. The second-order valence-corrected chi connectivity index (χ2v) is 12.7. The Bertz CT molecular complexity index is 1750. The van der Waals surface area contributed by atoms with Gasteiger partial charge in [-0.2, -0.15) is 0 Å². The van der Waals surface area contributed by atoms with Crippen LogP contribution in [0.1, 0.15) is 25.7 Å². The van der Waals surface area contributed by atoms with Gasteiger partial charge in [-0.05, 0) is 68.8 Å². The lowest BCUT2D eigenvalue weighted by Crippen LogP contribution is -2.31. The Hall–Kier alpha value is -3.51. The van der Waals surface area contributed by atoms with E-state index in [2.05, 4.69) is 14.6 Å². The third-order valence-electron chi connectivity index (χ3n) is 7.18. The summed E-state index contributed by atoms with van der Waals surface area (Å²) in [5, 5.41) is 0.695. The van der Waals surface area contributed by atoms with Gasteiger partial charge in [0.25, 0.3) is 10.0 Å². The molecular weight excluding hydrogens is 632 g/mol. The van der Waals surface area contributed by atoms with E-state index in [1.807, 2.05) is 0 Å². The van der Waals surface area contributed by atoms with Crippen LogP contribution in [0, 0.1) is 5.82 Å². The molecular formula is C31H32Cl2FN3O6S. The van der Waals surface area contributed by atoms with Crippen LogP contribution in [0.5, 0.6) is 28.7 Å². The predicted molar refractivity (Wildman–Crippen MR) is 169 cm³/mol. The van der Waals surface area contributed by atoms with E-state index in [1.54, 1.807) is 31.5 Å². The first kappa shape index (κ1) is 31.9. The van der Waals surface area contributed by atoms with E-state index in [0.29, 0.717) is 34.8 Å². The molecule has 0 amide bonds. The number of anilines is 1. The Kier molecular flexibility index (Phi) is 10.2. The van der Waals surface area contributed by atoms with Gasteiger partial charge in [-0.25, -0.2) is 12.8 Å². The Morgan fingerprint density at radius 3 is 2.45 bits per heavy atom. The average molecular weight is 665 g/mol. The maximum absolute atomic E-state index is 15.2. The molecule has 0 aliphatic carbocycles. The van der Waals surface area contributed by atoms with Gasteiger partial charge in [0.2, 0.25) is 0 Å². The number of ether oxygens (including phenoxy) is 4. The Labute approximate surface area is 265 Å². The first-order chi connectivity index (χ1) is 21.2. The van der Waals surface area contributed by atoms with Crippen molar-refractivity contribution in [3.63, 3.8) is 0 Å². The minimum absolute atomic E-state index is 0.0167. The van der Waals surface area contributed by atoms with E-state index < -0.39 is 15.8 Å². The molecule has 0 unspecified atom stereocenters. The Morgan fingerprint density at radius 2 is 1.73 bits per heavy atom. The van der Waals surface area contributed by atoms with Crippen molar-refractivity contribution < 1.29 is 31.8 Å². The molecule has 0 spiro atoms. The zero-order valence-electron chi connectivity index (χ0n) is 24.2. The SMILES string of the molecule is COc1cc2c(Oc3ccc(NS(=O)(=O)c4cc(Cl)cc(Cl)c4OC)cc3F)ccnc2cc1OCCCN1CCCCC1. The largest absolute Gasteiger partial charge is 0.494 e. The zero-order valence-corrected chi connectivity index (χ0v) is 26.6.